The number of hydrogen-bond donors (Lipinski definition) is 1. The van der Waals surface area contributed by atoms with Crippen LogP contribution in [0.25, 0.3) is 22.2 Å². The van der Waals surface area contributed by atoms with Crippen molar-refractivity contribution in [1.82, 2.24) is 34.5 Å². The number of hydrogen-bond acceptors (Lipinski definition) is 9. The number of aromatic amines is 1. The number of esters is 1. The second-order valence-corrected chi connectivity index (χ2v) is 13.2. The van der Waals surface area contributed by atoms with Crippen molar-refractivity contribution in [2.24, 2.45) is 7.05 Å². The zero-order chi connectivity index (χ0) is 41.2. The number of oxazole rings is 2. The molecule has 11 nitrogen and oxygen atoms in total. The molecule has 8 rings (SSSR count). The monoisotopic (exact) mass is 801 g/mol. The van der Waals surface area contributed by atoms with Crippen LogP contribution < -0.4 is 0 Å². The molecule has 0 radical (unpaired) electrons. The van der Waals surface area contributed by atoms with E-state index in [0.717, 1.165) is 63.4 Å². The van der Waals surface area contributed by atoms with Crippen LogP contribution in [-0.4, -0.2) is 47.0 Å². The highest BCUT2D eigenvalue weighted by atomic mass is 35.5. The van der Waals surface area contributed by atoms with Crippen LogP contribution in [-0.2, 0) is 24.6 Å². The molecule has 5 heterocycles. The summed E-state index contributed by atoms with van der Waals surface area (Å²) in [6.45, 7) is 4.09. The van der Waals surface area contributed by atoms with Crippen molar-refractivity contribution in [3.8, 4) is 35.5 Å². The molecule has 8 aromatic rings. The van der Waals surface area contributed by atoms with E-state index in [-0.39, 0.29) is 6.61 Å². The molecule has 0 atom stereocenters. The third kappa shape index (κ3) is 12.8. The number of rotatable bonds is 7. The highest BCUT2D eigenvalue weighted by Gasteiger charge is 2.10. The van der Waals surface area contributed by atoms with Crippen LogP contribution in [0.5, 0.6) is 0 Å². The first-order chi connectivity index (χ1) is 28.8. The second kappa shape index (κ2) is 21.2. The molecule has 0 fully saturated rings. The summed E-state index contributed by atoms with van der Waals surface area (Å²) in [5.74, 6) is 21.0. The van der Waals surface area contributed by atoms with E-state index < -0.39 is 5.97 Å². The van der Waals surface area contributed by atoms with Gasteiger partial charge in [-0.15, -0.1) is 0 Å². The molecule has 0 aliphatic heterocycles. The minimum Gasteiger partial charge on any atom is -0.461 e. The zero-order valence-corrected chi connectivity index (χ0v) is 33.6. The SMILES string of the molecule is Cc1nc(C#CCCc2nc3ccccc3o2)cn1C.Cc1ncc(C#CCCc2nc3ccccc3o2)[nH]1.O=C(OCCC#Cc1ccccn1)c1ccccc1Cl. The number of nitrogens with zero attached hydrogens (tertiary/aromatic N) is 6. The first-order valence-corrected chi connectivity index (χ1v) is 19.2. The number of ether oxygens (including phenoxy) is 1. The summed E-state index contributed by atoms with van der Waals surface area (Å²) in [5.41, 5.74) is 6.17. The summed E-state index contributed by atoms with van der Waals surface area (Å²) in [6, 6.07) is 27.8. The van der Waals surface area contributed by atoms with Gasteiger partial charge in [-0.3, -0.25) is 0 Å². The van der Waals surface area contributed by atoms with Crippen LogP contribution in [0.4, 0.5) is 0 Å². The number of H-pyrrole nitrogens is 1. The Balaban J connectivity index is 0.000000149. The quantitative estimate of drug-likeness (QED) is 0.0951. The van der Waals surface area contributed by atoms with Crippen LogP contribution >= 0.6 is 11.6 Å². The van der Waals surface area contributed by atoms with Gasteiger partial charge in [-0.05, 0) is 80.1 Å². The van der Waals surface area contributed by atoms with Crippen LogP contribution in [0.15, 0.2) is 118 Å². The molecule has 0 unspecified atom stereocenters. The number of aromatic nitrogens is 7. The lowest BCUT2D eigenvalue weighted by Crippen LogP contribution is -2.06. The Morgan fingerprint density at radius 1 is 0.729 bits per heavy atom. The summed E-state index contributed by atoms with van der Waals surface area (Å²) < 4.78 is 18.3. The smallest absolute Gasteiger partial charge is 0.339 e. The van der Waals surface area contributed by atoms with Gasteiger partial charge < -0.3 is 23.1 Å². The highest BCUT2D eigenvalue weighted by molar-refractivity contribution is 6.33. The second-order valence-electron chi connectivity index (χ2n) is 12.8. The lowest BCUT2D eigenvalue weighted by molar-refractivity contribution is 0.0514. The number of imidazole rings is 2. The summed E-state index contributed by atoms with van der Waals surface area (Å²) >= 11 is 5.90. The Morgan fingerprint density at radius 3 is 1.93 bits per heavy atom. The van der Waals surface area contributed by atoms with Crippen LogP contribution in [0.3, 0.4) is 0 Å². The van der Waals surface area contributed by atoms with E-state index in [1.807, 2.05) is 98.4 Å². The fraction of sp³-hybridized carbons (Fsp3) is 0.191. The van der Waals surface area contributed by atoms with Gasteiger partial charge in [0.25, 0.3) is 0 Å². The van der Waals surface area contributed by atoms with Gasteiger partial charge in [-0.2, -0.15) is 0 Å². The lowest BCUT2D eigenvalue weighted by atomic mass is 10.2. The third-order valence-corrected chi connectivity index (χ3v) is 8.62. The van der Waals surface area contributed by atoms with Crippen molar-refractivity contribution in [1.29, 1.82) is 0 Å². The normalized spacial score (nSPS) is 10.1. The van der Waals surface area contributed by atoms with E-state index in [0.29, 0.717) is 42.0 Å². The Hall–Kier alpha value is -7.39. The van der Waals surface area contributed by atoms with Crippen LogP contribution in [0.2, 0.25) is 5.02 Å². The average Bonchev–Trinajstić information content (AvgIpc) is 4.05. The summed E-state index contributed by atoms with van der Waals surface area (Å²) in [4.78, 5) is 36.1. The molecule has 0 amide bonds. The van der Waals surface area contributed by atoms with Gasteiger partial charge in [0.2, 0.25) is 0 Å². The maximum Gasteiger partial charge on any atom is 0.339 e. The number of halogens is 1. The largest absolute Gasteiger partial charge is 0.461 e. The van der Waals surface area contributed by atoms with E-state index >= 15 is 0 Å². The number of nitrogens with one attached hydrogen (secondary N) is 1. The minimum absolute atomic E-state index is 0.226. The molecule has 1 N–H and O–H groups in total. The lowest BCUT2D eigenvalue weighted by Gasteiger charge is -2.03. The molecule has 0 saturated heterocycles. The molecule has 294 valence electrons. The predicted molar refractivity (Wildman–Crippen MR) is 227 cm³/mol. The number of pyridine rings is 1. The summed E-state index contributed by atoms with van der Waals surface area (Å²) in [6.07, 6.45) is 8.66. The average molecular weight is 802 g/mol. The fourth-order valence-corrected chi connectivity index (χ4v) is 5.51. The third-order valence-electron chi connectivity index (χ3n) is 8.29. The van der Waals surface area contributed by atoms with Crippen molar-refractivity contribution < 1.29 is 18.4 Å². The topological polar surface area (TPSA) is 138 Å². The molecular weight excluding hydrogens is 762 g/mol. The first-order valence-electron chi connectivity index (χ1n) is 18.8. The van der Waals surface area contributed by atoms with Gasteiger partial charge in [0, 0.05) is 51.5 Å². The zero-order valence-electron chi connectivity index (χ0n) is 32.8. The van der Waals surface area contributed by atoms with Crippen LogP contribution in [0, 0.1) is 49.4 Å². The maximum absolute atomic E-state index is 11.7. The van der Waals surface area contributed by atoms with Gasteiger partial charge in [0.15, 0.2) is 22.9 Å². The molecule has 59 heavy (non-hydrogen) atoms. The van der Waals surface area contributed by atoms with Crippen molar-refractivity contribution in [3.05, 3.63) is 161 Å². The van der Waals surface area contributed by atoms with Gasteiger partial charge >= 0.3 is 5.97 Å². The molecule has 0 aliphatic rings. The Kier molecular flexibility index (Phi) is 14.8. The van der Waals surface area contributed by atoms with Crippen molar-refractivity contribution in [2.45, 2.75) is 46.0 Å². The molecule has 0 bridgehead atoms. The van der Waals surface area contributed by atoms with Crippen LogP contribution in [0.1, 0.15) is 70.1 Å². The molecular formula is C47H40ClN7O4. The predicted octanol–water partition coefficient (Wildman–Crippen LogP) is 9.03. The Morgan fingerprint density at radius 2 is 1.34 bits per heavy atom. The van der Waals surface area contributed by atoms with E-state index in [1.165, 1.54) is 0 Å². The highest BCUT2D eigenvalue weighted by Crippen LogP contribution is 2.17. The van der Waals surface area contributed by atoms with E-state index in [1.54, 1.807) is 36.7 Å². The van der Waals surface area contributed by atoms with Crippen molar-refractivity contribution in [3.63, 3.8) is 0 Å². The van der Waals surface area contributed by atoms with Crippen molar-refractivity contribution >= 4 is 39.8 Å². The number of fused-ring (bicyclic) bond motifs is 2. The van der Waals surface area contributed by atoms with E-state index in [2.05, 4.69) is 65.4 Å². The van der Waals surface area contributed by atoms with Crippen molar-refractivity contribution in [2.75, 3.05) is 6.61 Å². The van der Waals surface area contributed by atoms with Gasteiger partial charge in [0.05, 0.1) is 16.8 Å². The number of carbonyl (C=O) groups is 1. The van der Waals surface area contributed by atoms with E-state index in [4.69, 9.17) is 25.2 Å². The van der Waals surface area contributed by atoms with Gasteiger partial charge in [-0.25, -0.2) is 29.7 Å². The number of aryl methyl sites for hydroxylation is 5. The fourth-order valence-electron chi connectivity index (χ4n) is 5.30. The molecule has 5 aromatic heterocycles. The summed E-state index contributed by atoms with van der Waals surface area (Å²) in [7, 11) is 1.96. The number of carbonyl (C=O) groups excluding carboxylic acids is 1. The van der Waals surface area contributed by atoms with E-state index in [9.17, 15) is 4.79 Å². The Bertz CT molecular complexity index is 2730. The molecule has 3 aromatic carbocycles. The van der Waals surface area contributed by atoms with Gasteiger partial charge in [0.1, 0.15) is 46.4 Å². The standard InChI is InChI=1S/C16H12ClNO2.C16H15N3O.C15H13N3O/c17-15-10-2-1-9-14(15)16(19)20-12-6-4-8-13-7-3-5-11-18-13;1-12-17-13(11-19(12)2)7-3-6-10-16-18-14-8-4-5-9-15(14)20-16;1-11-16-10-12(17-11)6-2-5-9-15-18-13-7-3-4-8-14(13)19-15/h1-3,5,7,9-11H,6,12H2;4-5,8-9,11H,6,10H2,1-2H3;3-4,7-8,10H,5,9H2,1H3,(H,16,17). The molecule has 12 heteroatoms. The maximum atomic E-state index is 11.7. The molecule has 0 saturated carbocycles. The minimum atomic E-state index is -0.435. The molecule has 0 aliphatic carbocycles. The number of benzene rings is 3. The Labute approximate surface area is 347 Å². The summed E-state index contributed by atoms with van der Waals surface area (Å²) in [5, 5.41) is 0.386. The van der Waals surface area contributed by atoms with Gasteiger partial charge in [-0.1, -0.05) is 71.8 Å². The first kappa shape index (κ1) is 41.2. The number of para-hydroxylation sites is 4. The molecule has 0 spiro atoms.